The molecular formula is C16H17NO2. The van der Waals surface area contributed by atoms with Crippen molar-refractivity contribution in [2.75, 3.05) is 19.1 Å². The summed E-state index contributed by atoms with van der Waals surface area (Å²) in [7, 11) is 3.63. The van der Waals surface area contributed by atoms with E-state index in [0.717, 1.165) is 29.8 Å². The quantitative estimate of drug-likeness (QED) is 0.769. The first-order chi connectivity index (χ1) is 9.24. The summed E-state index contributed by atoms with van der Waals surface area (Å²) < 4.78 is 5.21. The molecular weight excluding hydrogens is 238 g/mol. The molecule has 98 valence electrons. The van der Waals surface area contributed by atoms with Crippen LogP contribution in [0.4, 0.5) is 5.69 Å². The van der Waals surface area contributed by atoms with Crippen LogP contribution < -0.4 is 9.64 Å². The molecule has 0 fully saturated rings. The van der Waals surface area contributed by atoms with Crippen molar-refractivity contribution < 1.29 is 9.53 Å². The molecule has 0 radical (unpaired) electrons. The Bertz CT molecular complexity index is 566. The Kier molecular flexibility index (Phi) is 4.18. The maximum Gasteiger partial charge on any atom is 0.152 e. The van der Waals surface area contributed by atoms with Crippen molar-refractivity contribution in [3.63, 3.8) is 0 Å². The average molecular weight is 255 g/mol. The highest BCUT2D eigenvalue weighted by Gasteiger charge is 2.07. The Labute approximate surface area is 113 Å². The third-order valence-corrected chi connectivity index (χ3v) is 3.03. The second-order valence-corrected chi connectivity index (χ2v) is 4.38. The molecule has 0 atom stereocenters. The molecule has 0 aromatic heterocycles. The van der Waals surface area contributed by atoms with Gasteiger partial charge in [0.05, 0.1) is 7.11 Å². The molecule has 0 unspecified atom stereocenters. The van der Waals surface area contributed by atoms with Crippen LogP contribution >= 0.6 is 0 Å². The molecule has 2 aromatic rings. The van der Waals surface area contributed by atoms with Crippen LogP contribution in [0.25, 0.3) is 0 Å². The van der Waals surface area contributed by atoms with E-state index < -0.39 is 0 Å². The molecule has 3 nitrogen and oxygen atoms in total. The van der Waals surface area contributed by atoms with Crippen molar-refractivity contribution in [2.45, 2.75) is 6.54 Å². The van der Waals surface area contributed by atoms with Crippen LogP contribution in [0.2, 0.25) is 0 Å². The Hall–Kier alpha value is -2.29. The molecule has 0 spiro atoms. The molecule has 0 aliphatic heterocycles. The van der Waals surface area contributed by atoms with Crippen molar-refractivity contribution >= 4 is 12.0 Å². The molecule has 0 bridgehead atoms. The number of carbonyl (C=O) groups is 1. The number of carbonyl (C=O) groups excluding carboxylic acids is 1. The first-order valence-electron chi connectivity index (χ1n) is 6.13. The highest BCUT2D eigenvalue weighted by molar-refractivity contribution is 5.84. The monoisotopic (exact) mass is 255 g/mol. The lowest BCUT2D eigenvalue weighted by Gasteiger charge is -2.21. The normalized spacial score (nSPS) is 10.0. The average Bonchev–Trinajstić information content (AvgIpc) is 2.47. The summed E-state index contributed by atoms with van der Waals surface area (Å²) in [4.78, 5) is 13.1. The lowest BCUT2D eigenvalue weighted by atomic mass is 10.1. The van der Waals surface area contributed by atoms with Gasteiger partial charge < -0.3 is 9.64 Å². The van der Waals surface area contributed by atoms with Gasteiger partial charge in [-0.25, -0.2) is 0 Å². The van der Waals surface area contributed by atoms with Crippen molar-refractivity contribution in [1.29, 1.82) is 0 Å². The summed E-state index contributed by atoms with van der Waals surface area (Å²) in [5.41, 5.74) is 2.77. The molecule has 0 amide bonds. The Balaban J connectivity index is 2.20. The van der Waals surface area contributed by atoms with E-state index in [-0.39, 0.29) is 0 Å². The third-order valence-electron chi connectivity index (χ3n) is 3.03. The smallest absolute Gasteiger partial charge is 0.152 e. The number of hydrogen-bond donors (Lipinski definition) is 0. The predicted octanol–water partition coefficient (Wildman–Crippen LogP) is 3.14. The minimum Gasteiger partial charge on any atom is -0.497 e. The lowest BCUT2D eigenvalue weighted by molar-refractivity contribution is 0.112. The van der Waals surface area contributed by atoms with Crippen LogP contribution in [0.5, 0.6) is 5.75 Å². The number of methoxy groups -OCH3 is 1. The van der Waals surface area contributed by atoms with Gasteiger partial charge in [0, 0.05) is 24.8 Å². The second kappa shape index (κ2) is 6.05. The fourth-order valence-electron chi connectivity index (χ4n) is 2.06. The standard InChI is InChI=1S/C16H17NO2/c1-17(16-9-4-3-7-14(16)12-18)11-13-6-5-8-15(10-13)19-2/h3-10,12H,11H2,1-2H3. The van der Waals surface area contributed by atoms with E-state index in [1.807, 2.05) is 55.6 Å². The Morgan fingerprint density at radius 3 is 2.68 bits per heavy atom. The van der Waals surface area contributed by atoms with Gasteiger partial charge in [-0.1, -0.05) is 24.3 Å². The highest BCUT2D eigenvalue weighted by Crippen LogP contribution is 2.21. The van der Waals surface area contributed by atoms with Gasteiger partial charge in [-0.05, 0) is 29.8 Å². The third kappa shape index (κ3) is 3.13. The number of ether oxygens (including phenoxy) is 1. The van der Waals surface area contributed by atoms with Crippen LogP contribution in [-0.2, 0) is 6.54 Å². The van der Waals surface area contributed by atoms with Crippen LogP contribution in [0.3, 0.4) is 0 Å². The van der Waals surface area contributed by atoms with Crippen molar-refractivity contribution in [1.82, 2.24) is 0 Å². The zero-order chi connectivity index (χ0) is 13.7. The number of aldehydes is 1. The van der Waals surface area contributed by atoms with E-state index in [4.69, 9.17) is 4.74 Å². The summed E-state index contributed by atoms with van der Waals surface area (Å²) in [5, 5.41) is 0. The van der Waals surface area contributed by atoms with E-state index in [0.29, 0.717) is 5.56 Å². The van der Waals surface area contributed by atoms with E-state index >= 15 is 0 Å². The molecule has 0 aliphatic carbocycles. The summed E-state index contributed by atoms with van der Waals surface area (Å²) in [5.74, 6) is 0.842. The van der Waals surface area contributed by atoms with Gasteiger partial charge in [0.2, 0.25) is 0 Å². The van der Waals surface area contributed by atoms with Gasteiger partial charge in [0.15, 0.2) is 6.29 Å². The number of para-hydroxylation sites is 1. The molecule has 0 heterocycles. The van der Waals surface area contributed by atoms with Gasteiger partial charge in [-0.15, -0.1) is 0 Å². The van der Waals surface area contributed by atoms with Gasteiger partial charge in [0.25, 0.3) is 0 Å². The van der Waals surface area contributed by atoms with E-state index in [1.54, 1.807) is 7.11 Å². The summed E-state index contributed by atoms with van der Waals surface area (Å²) in [6, 6.07) is 15.5. The predicted molar refractivity (Wildman–Crippen MR) is 76.9 cm³/mol. The highest BCUT2D eigenvalue weighted by atomic mass is 16.5. The fraction of sp³-hybridized carbons (Fsp3) is 0.188. The van der Waals surface area contributed by atoms with Gasteiger partial charge in [-0.3, -0.25) is 4.79 Å². The second-order valence-electron chi connectivity index (χ2n) is 4.38. The van der Waals surface area contributed by atoms with Gasteiger partial charge in [0.1, 0.15) is 5.75 Å². The van der Waals surface area contributed by atoms with E-state index in [2.05, 4.69) is 4.90 Å². The number of hydrogen-bond acceptors (Lipinski definition) is 3. The molecule has 19 heavy (non-hydrogen) atoms. The molecule has 0 N–H and O–H groups in total. The minimum atomic E-state index is 0.702. The van der Waals surface area contributed by atoms with E-state index in [9.17, 15) is 4.79 Å². The zero-order valence-corrected chi connectivity index (χ0v) is 11.2. The first-order valence-corrected chi connectivity index (χ1v) is 6.13. The van der Waals surface area contributed by atoms with Crippen LogP contribution in [0, 0.1) is 0 Å². The van der Waals surface area contributed by atoms with Crippen LogP contribution in [-0.4, -0.2) is 20.4 Å². The van der Waals surface area contributed by atoms with E-state index in [1.165, 1.54) is 0 Å². The maximum atomic E-state index is 11.0. The van der Waals surface area contributed by atoms with Crippen molar-refractivity contribution in [2.24, 2.45) is 0 Å². The molecule has 0 aliphatic rings. The molecule has 3 heteroatoms. The summed E-state index contributed by atoms with van der Waals surface area (Å²) in [6.07, 6.45) is 0.886. The first kappa shape index (κ1) is 13.1. The van der Waals surface area contributed by atoms with Gasteiger partial charge in [-0.2, -0.15) is 0 Å². The number of rotatable bonds is 5. The number of nitrogens with zero attached hydrogens (tertiary/aromatic N) is 1. The van der Waals surface area contributed by atoms with Crippen molar-refractivity contribution in [3.8, 4) is 5.75 Å². The Morgan fingerprint density at radius 2 is 1.95 bits per heavy atom. The fourth-order valence-corrected chi connectivity index (χ4v) is 2.06. The van der Waals surface area contributed by atoms with Crippen LogP contribution in [0.1, 0.15) is 15.9 Å². The topological polar surface area (TPSA) is 29.5 Å². The maximum absolute atomic E-state index is 11.0. The van der Waals surface area contributed by atoms with Crippen molar-refractivity contribution in [3.05, 3.63) is 59.7 Å². The minimum absolute atomic E-state index is 0.702. The largest absolute Gasteiger partial charge is 0.497 e. The van der Waals surface area contributed by atoms with Gasteiger partial charge >= 0.3 is 0 Å². The lowest BCUT2D eigenvalue weighted by Crippen LogP contribution is -2.17. The summed E-state index contributed by atoms with van der Waals surface area (Å²) in [6.45, 7) is 0.724. The number of anilines is 1. The zero-order valence-electron chi connectivity index (χ0n) is 11.2. The SMILES string of the molecule is COc1cccc(CN(C)c2ccccc2C=O)c1. The summed E-state index contributed by atoms with van der Waals surface area (Å²) >= 11 is 0. The number of benzene rings is 2. The van der Waals surface area contributed by atoms with Crippen LogP contribution in [0.15, 0.2) is 48.5 Å². The molecule has 0 saturated heterocycles. The molecule has 2 rings (SSSR count). The molecule has 2 aromatic carbocycles. The molecule has 0 saturated carbocycles. The Morgan fingerprint density at radius 1 is 1.16 bits per heavy atom.